The molecule has 3 rings (SSSR count). The molecule has 25 heavy (non-hydrogen) atoms. The maximum Gasteiger partial charge on any atom is 0.266 e. The van der Waals surface area contributed by atoms with E-state index in [4.69, 9.17) is 12.2 Å². The molecule has 1 fully saturated rings. The lowest BCUT2D eigenvalue weighted by molar-refractivity contribution is -0.128. The third kappa shape index (κ3) is 4.81. The fourth-order valence-corrected chi connectivity index (χ4v) is 4.13. The number of aliphatic imine (C=N–C) groups is 1. The van der Waals surface area contributed by atoms with E-state index in [0.29, 0.717) is 20.9 Å². The number of thioether (sulfide) groups is 2. The normalized spacial score (nSPS) is 19.1. The summed E-state index contributed by atoms with van der Waals surface area (Å²) in [6.07, 6.45) is 5.45. The SMILES string of the molecule is O=C(CN1C(=O)/C(=C/C=C/c2ccccc2)SC1=S)NC1=NCCS1. The van der Waals surface area contributed by atoms with Crippen molar-refractivity contribution in [1.82, 2.24) is 10.2 Å². The zero-order valence-electron chi connectivity index (χ0n) is 13.2. The van der Waals surface area contributed by atoms with Crippen molar-refractivity contribution in [3.05, 3.63) is 53.0 Å². The van der Waals surface area contributed by atoms with E-state index in [1.54, 1.807) is 6.08 Å². The van der Waals surface area contributed by atoms with Gasteiger partial charge in [0.25, 0.3) is 5.91 Å². The summed E-state index contributed by atoms with van der Waals surface area (Å²) in [7, 11) is 0. The highest BCUT2D eigenvalue weighted by Crippen LogP contribution is 2.30. The molecule has 8 heteroatoms. The van der Waals surface area contributed by atoms with Crippen LogP contribution < -0.4 is 5.32 Å². The number of nitrogens with zero attached hydrogens (tertiary/aromatic N) is 2. The molecule has 0 atom stereocenters. The second kappa shape index (κ2) is 8.46. The van der Waals surface area contributed by atoms with E-state index in [1.165, 1.54) is 28.4 Å². The monoisotopic (exact) mass is 389 g/mol. The number of rotatable bonds is 4. The minimum Gasteiger partial charge on any atom is -0.304 e. The largest absolute Gasteiger partial charge is 0.304 e. The summed E-state index contributed by atoms with van der Waals surface area (Å²) in [5.74, 6) is 0.335. The van der Waals surface area contributed by atoms with Crippen molar-refractivity contribution < 1.29 is 9.59 Å². The van der Waals surface area contributed by atoms with Gasteiger partial charge in [0.2, 0.25) is 5.91 Å². The average Bonchev–Trinajstić information content (AvgIpc) is 3.20. The summed E-state index contributed by atoms with van der Waals surface area (Å²) in [6, 6.07) is 9.80. The van der Waals surface area contributed by atoms with Gasteiger partial charge in [0.1, 0.15) is 10.9 Å². The number of allylic oxidation sites excluding steroid dienone is 2. The van der Waals surface area contributed by atoms with Crippen molar-refractivity contribution in [2.45, 2.75) is 0 Å². The lowest BCUT2D eigenvalue weighted by Gasteiger charge is -2.13. The highest BCUT2D eigenvalue weighted by Gasteiger charge is 2.33. The summed E-state index contributed by atoms with van der Waals surface area (Å²) in [6.45, 7) is 0.613. The van der Waals surface area contributed by atoms with Gasteiger partial charge in [-0.1, -0.05) is 78.2 Å². The van der Waals surface area contributed by atoms with Crippen LogP contribution in [0.25, 0.3) is 6.08 Å². The van der Waals surface area contributed by atoms with E-state index >= 15 is 0 Å². The van der Waals surface area contributed by atoms with Crippen LogP contribution in [0.4, 0.5) is 0 Å². The molecular weight excluding hydrogens is 374 g/mol. The number of thiocarbonyl (C=S) groups is 1. The average molecular weight is 390 g/mol. The van der Waals surface area contributed by atoms with Gasteiger partial charge in [-0.3, -0.25) is 19.5 Å². The summed E-state index contributed by atoms with van der Waals surface area (Å²) in [4.78, 5) is 30.5. The Labute approximate surface area is 159 Å². The van der Waals surface area contributed by atoms with Gasteiger partial charge < -0.3 is 5.32 Å². The number of benzene rings is 1. The Bertz CT molecular complexity index is 788. The molecule has 2 aliphatic rings. The van der Waals surface area contributed by atoms with E-state index in [-0.39, 0.29) is 18.4 Å². The first-order chi connectivity index (χ1) is 12.1. The predicted molar refractivity (Wildman–Crippen MR) is 108 cm³/mol. The number of nitrogens with one attached hydrogen (secondary N) is 1. The van der Waals surface area contributed by atoms with Gasteiger partial charge in [0, 0.05) is 5.75 Å². The Morgan fingerprint density at radius 1 is 1.36 bits per heavy atom. The first-order valence-corrected chi connectivity index (χ1v) is 9.79. The van der Waals surface area contributed by atoms with Crippen molar-refractivity contribution >= 4 is 63.1 Å². The molecule has 0 bridgehead atoms. The number of amides is 2. The van der Waals surface area contributed by atoms with Crippen molar-refractivity contribution in [2.24, 2.45) is 4.99 Å². The Hall–Kier alpha value is -1.90. The Kier molecular flexibility index (Phi) is 6.06. The molecular formula is C17H15N3O2S3. The fourth-order valence-electron chi connectivity index (χ4n) is 2.17. The number of carbonyl (C=O) groups excluding carboxylic acids is 2. The highest BCUT2D eigenvalue weighted by atomic mass is 32.2. The molecule has 0 spiro atoms. The molecule has 5 nitrogen and oxygen atoms in total. The van der Waals surface area contributed by atoms with Crippen LogP contribution >= 0.6 is 35.7 Å². The van der Waals surface area contributed by atoms with Crippen LogP contribution in [0.1, 0.15) is 5.56 Å². The van der Waals surface area contributed by atoms with Crippen LogP contribution in [-0.4, -0.2) is 45.0 Å². The molecule has 128 valence electrons. The third-order valence-corrected chi connectivity index (χ3v) is 5.63. The molecule has 0 radical (unpaired) electrons. The van der Waals surface area contributed by atoms with Crippen molar-refractivity contribution in [2.75, 3.05) is 18.8 Å². The Morgan fingerprint density at radius 2 is 2.16 bits per heavy atom. The molecule has 2 aliphatic heterocycles. The summed E-state index contributed by atoms with van der Waals surface area (Å²) in [5, 5.41) is 3.31. The van der Waals surface area contributed by atoms with Crippen LogP contribution in [0.3, 0.4) is 0 Å². The third-order valence-electron chi connectivity index (χ3n) is 3.34. The van der Waals surface area contributed by atoms with Gasteiger partial charge >= 0.3 is 0 Å². The Morgan fingerprint density at radius 3 is 2.88 bits per heavy atom. The van der Waals surface area contributed by atoms with Crippen LogP contribution in [0.15, 0.2) is 52.4 Å². The molecule has 0 aliphatic carbocycles. The van der Waals surface area contributed by atoms with Crippen LogP contribution in [0.2, 0.25) is 0 Å². The summed E-state index contributed by atoms with van der Waals surface area (Å²) >= 11 is 7.93. The predicted octanol–water partition coefficient (Wildman–Crippen LogP) is 2.66. The molecule has 0 unspecified atom stereocenters. The van der Waals surface area contributed by atoms with Gasteiger partial charge in [0.15, 0.2) is 5.17 Å². The van der Waals surface area contributed by atoms with E-state index < -0.39 is 0 Å². The Balaban J connectivity index is 1.60. The van der Waals surface area contributed by atoms with Crippen molar-refractivity contribution in [3.63, 3.8) is 0 Å². The maximum absolute atomic E-state index is 12.4. The standard InChI is InChI=1S/C17H15N3O2S3/c21-14(19-16-18-9-10-24-16)11-20-15(22)13(25-17(20)23)8-4-7-12-5-2-1-3-6-12/h1-8H,9-11H2,(H,18,19,21)/b7-4+,13-8-. The van der Waals surface area contributed by atoms with Crippen molar-refractivity contribution in [1.29, 1.82) is 0 Å². The number of carbonyl (C=O) groups is 2. The van der Waals surface area contributed by atoms with Crippen LogP contribution in [0, 0.1) is 0 Å². The first kappa shape index (κ1) is 17.9. The summed E-state index contributed by atoms with van der Waals surface area (Å²) < 4.78 is 0.389. The van der Waals surface area contributed by atoms with E-state index in [2.05, 4.69) is 10.3 Å². The molecule has 1 aromatic carbocycles. The topological polar surface area (TPSA) is 61.8 Å². The lowest BCUT2D eigenvalue weighted by atomic mass is 10.2. The fraction of sp³-hybridized carbons (Fsp3) is 0.176. The molecule has 1 saturated heterocycles. The first-order valence-electron chi connectivity index (χ1n) is 7.57. The molecule has 2 heterocycles. The minimum atomic E-state index is -0.287. The smallest absolute Gasteiger partial charge is 0.266 e. The van der Waals surface area contributed by atoms with Gasteiger partial charge in [-0.25, -0.2) is 0 Å². The van der Waals surface area contributed by atoms with E-state index in [0.717, 1.165) is 11.3 Å². The maximum atomic E-state index is 12.4. The molecule has 1 N–H and O–H groups in total. The molecule has 2 amide bonds. The molecule has 0 saturated carbocycles. The highest BCUT2D eigenvalue weighted by molar-refractivity contribution is 8.26. The van der Waals surface area contributed by atoms with Crippen molar-refractivity contribution in [3.8, 4) is 0 Å². The number of amidine groups is 1. The van der Waals surface area contributed by atoms with E-state index in [9.17, 15) is 9.59 Å². The molecule has 0 aromatic heterocycles. The zero-order chi connectivity index (χ0) is 17.6. The van der Waals surface area contributed by atoms with Gasteiger partial charge in [0.05, 0.1) is 11.4 Å². The van der Waals surface area contributed by atoms with E-state index in [1.807, 2.05) is 42.5 Å². The second-order valence-electron chi connectivity index (χ2n) is 5.14. The van der Waals surface area contributed by atoms with Crippen LogP contribution in [-0.2, 0) is 9.59 Å². The van der Waals surface area contributed by atoms with Crippen LogP contribution in [0.5, 0.6) is 0 Å². The lowest BCUT2D eigenvalue weighted by Crippen LogP contribution is -2.40. The minimum absolute atomic E-state index is 0.0933. The second-order valence-corrected chi connectivity index (χ2v) is 7.90. The van der Waals surface area contributed by atoms with Gasteiger partial charge in [-0.2, -0.15) is 0 Å². The van der Waals surface area contributed by atoms with Gasteiger partial charge in [-0.15, -0.1) is 0 Å². The number of hydrogen-bond acceptors (Lipinski definition) is 6. The summed E-state index contributed by atoms with van der Waals surface area (Å²) in [5.41, 5.74) is 1.04. The zero-order valence-corrected chi connectivity index (χ0v) is 15.6. The molecule has 1 aromatic rings. The van der Waals surface area contributed by atoms with Gasteiger partial charge in [-0.05, 0) is 11.6 Å². The number of hydrogen-bond donors (Lipinski definition) is 1. The quantitative estimate of drug-likeness (QED) is 0.634.